The molecule has 1 aromatic heterocycles. The summed E-state index contributed by atoms with van der Waals surface area (Å²) in [5.41, 5.74) is 5.79. The molecule has 0 radical (unpaired) electrons. The summed E-state index contributed by atoms with van der Waals surface area (Å²) >= 11 is 1.50. The smallest absolute Gasteiger partial charge is 0.226 e. The Morgan fingerprint density at radius 1 is 1.69 bits per heavy atom. The maximum Gasteiger partial charge on any atom is 0.226 e. The second-order valence-corrected chi connectivity index (χ2v) is 5.79. The van der Waals surface area contributed by atoms with E-state index in [0.717, 1.165) is 17.7 Å². The summed E-state index contributed by atoms with van der Waals surface area (Å²) in [7, 11) is 0. The Morgan fingerprint density at radius 2 is 2.44 bits per heavy atom. The molecule has 0 saturated heterocycles. The molecule has 3 N–H and O–H groups in total. The number of aromatic nitrogens is 1. The first-order valence-corrected chi connectivity index (χ1v) is 6.38. The van der Waals surface area contributed by atoms with Gasteiger partial charge in [-0.2, -0.15) is 0 Å². The van der Waals surface area contributed by atoms with Crippen molar-refractivity contribution in [3.05, 3.63) is 11.1 Å². The minimum absolute atomic E-state index is 0.0412. The molecule has 1 amide bonds. The van der Waals surface area contributed by atoms with Crippen LogP contribution in [0.25, 0.3) is 0 Å². The van der Waals surface area contributed by atoms with Crippen LogP contribution < -0.4 is 11.1 Å². The Hall–Kier alpha value is -0.940. The van der Waals surface area contributed by atoms with Crippen LogP contribution in [0.4, 0.5) is 5.13 Å². The first-order valence-electron chi connectivity index (χ1n) is 5.56. The minimum Gasteiger partial charge on any atom is -0.330 e. The molecule has 0 aliphatic heterocycles. The predicted molar refractivity (Wildman–Crippen MR) is 65.4 cm³/mol. The van der Waals surface area contributed by atoms with Gasteiger partial charge >= 0.3 is 0 Å². The summed E-state index contributed by atoms with van der Waals surface area (Å²) in [5, 5.41) is 3.52. The summed E-state index contributed by atoms with van der Waals surface area (Å²) < 4.78 is 0. The van der Waals surface area contributed by atoms with Crippen molar-refractivity contribution in [2.24, 2.45) is 11.1 Å². The number of hydrogen-bond donors (Lipinski definition) is 2. The summed E-state index contributed by atoms with van der Waals surface area (Å²) in [6, 6.07) is 0. The number of nitrogens with one attached hydrogen (secondary N) is 1. The van der Waals surface area contributed by atoms with Crippen molar-refractivity contribution in [3.63, 3.8) is 0 Å². The highest BCUT2D eigenvalue weighted by Crippen LogP contribution is 2.43. The highest BCUT2D eigenvalue weighted by Gasteiger charge is 2.37. The van der Waals surface area contributed by atoms with Crippen molar-refractivity contribution in [1.29, 1.82) is 0 Å². The van der Waals surface area contributed by atoms with E-state index in [1.54, 1.807) is 6.20 Å². The molecule has 88 valence electrons. The molecule has 1 saturated carbocycles. The Morgan fingerprint density at radius 3 is 2.88 bits per heavy atom. The van der Waals surface area contributed by atoms with Crippen molar-refractivity contribution in [3.8, 4) is 0 Å². The van der Waals surface area contributed by atoms with E-state index in [-0.39, 0.29) is 11.3 Å². The number of nitrogens with zero attached hydrogens (tertiary/aromatic N) is 1. The Labute approximate surface area is 99.3 Å². The number of hydrogen-bond acceptors (Lipinski definition) is 4. The highest BCUT2D eigenvalue weighted by atomic mass is 32.1. The summed E-state index contributed by atoms with van der Waals surface area (Å²) in [5.74, 6) is 0.0412. The van der Waals surface area contributed by atoms with Crippen LogP contribution in [-0.4, -0.2) is 17.4 Å². The van der Waals surface area contributed by atoms with Crippen LogP contribution in [0.2, 0.25) is 0 Å². The number of rotatable bonds is 4. The summed E-state index contributed by atoms with van der Waals surface area (Å²) in [6.45, 7) is 2.58. The van der Waals surface area contributed by atoms with Crippen LogP contribution in [0.15, 0.2) is 6.20 Å². The average Bonchev–Trinajstić information content (AvgIpc) is 2.57. The molecule has 2 rings (SSSR count). The molecule has 0 bridgehead atoms. The molecule has 0 unspecified atom stereocenters. The lowest BCUT2D eigenvalue weighted by Gasteiger charge is -2.40. The standard InChI is InChI=1S/C11H17N3OS/c1-8-6-13-10(16-8)14-9(15)5-11(7-12)3-2-4-11/h6H,2-5,7,12H2,1H3,(H,13,14,15). The normalized spacial score (nSPS) is 17.9. The van der Waals surface area contributed by atoms with Crippen molar-refractivity contribution in [2.45, 2.75) is 32.6 Å². The van der Waals surface area contributed by atoms with Gasteiger partial charge in [0.05, 0.1) is 0 Å². The van der Waals surface area contributed by atoms with Gasteiger partial charge in [-0.1, -0.05) is 6.42 Å². The number of carbonyl (C=O) groups excluding carboxylic acids is 1. The van der Waals surface area contributed by atoms with Gasteiger partial charge in [-0.25, -0.2) is 4.98 Å². The molecule has 0 aromatic carbocycles. The fourth-order valence-corrected chi connectivity index (χ4v) is 2.73. The topological polar surface area (TPSA) is 68.0 Å². The lowest BCUT2D eigenvalue weighted by atomic mass is 9.66. The van der Waals surface area contributed by atoms with Crippen LogP contribution in [0.3, 0.4) is 0 Å². The predicted octanol–water partition coefficient (Wildman–Crippen LogP) is 1.91. The van der Waals surface area contributed by atoms with Gasteiger partial charge in [-0.3, -0.25) is 4.79 Å². The Balaban J connectivity index is 1.89. The number of carbonyl (C=O) groups is 1. The number of thiazole rings is 1. The van der Waals surface area contributed by atoms with Gasteiger partial charge in [-0.05, 0) is 31.7 Å². The molecule has 5 heteroatoms. The number of aryl methyl sites for hydroxylation is 1. The van der Waals surface area contributed by atoms with E-state index in [4.69, 9.17) is 5.73 Å². The van der Waals surface area contributed by atoms with Crippen molar-refractivity contribution < 1.29 is 4.79 Å². The van der Waals surface area contributed by atoms with E-state index in [1.807, 2.05) is 6.92 Å². The second-order valence-electron chi connectivity index (χ2n) is 4.56. The van der Waals surface area contributed by atoms with Gasteiger partial charge in [0.25, 0.3) is 0 Å². The maximum absolute atomic E-state index is 11.8. The first-order chi connectivity index (χ1) is 7.63. The summed E-state index contributed by atoms with van der Waals surface area (Å²) in [4.78, 5) is 17.0. The molecular formula is C11H17N3OS. The van der Waals surface area contributed by atoms with E-state index < -0.39 is 0 Å². The molecule has 1 heterocycles. The quantitative estimate of drug-likeness (QED) is 0.843. The zero-order valence-corrected chi connectivity index (χ0v) is 10.3. The van der Waals surface area contributed by atoms with E-state index in [2.05, 4.69) is 10.3 Å². The van der Waals surface area contributed by atoms with Crippen LogP contribution in [-0.2, 0) is 4.79 Å². The van der Waals surface area contributed by atoms with E-state index in [0.29, 0.717) is 18.1 Å². The SMILES string of the molecule is Cc1cnc(NC(=O)CC2(CN)CCC2)s1. The van der Waals surface area contributed by atoms with Crippen LogP contribution >= 0.6 is 11.3 Å². The molecule has 4 nitrogen and oxygen atoms in total. The van der Waals surface area contributed by atoms with Crippen molar-refractivity contribution in [2.75, 3.05) is 11.9 Å². The number of anilines is 1. The molecule has 0 spiro atoms. The largest absolute Gasteiger partial charge is 0.330 e. The summed E-state index contributed by atoms with van der Waals surface area (Å²) in [6.07, 6.45) is 5.65. The van der Waals surface area contributed by atoms with E-state index >= 15 is 0 Å². The van der Waals surface area contributed by atoms with Gasteiger partial charge in [0.1, 0.15) is 0 Å². The zero-order chi connectivity index (χ0) is 11.6. The van der Waals surface area contributed by atoms with Gasteiger partial charge in [0, 0.05) is 17.5 Å². The third-order valence-corrected chi connectivity index (χ3v) is 4.08. The molecular weight excluding hydrogens is 222 g/mol. The zero-order valence-electron chi connectivity index (χ0n) is 9.45. The minimum atomic E-state index is 0.0412. The van der Waals surface area contributed by atoms with Gasteiger partial charge < -0.3 is 11.1 Å². The molecule has 0 atom stereocenters. The van der Waals surface area contributed by atoms with Gasteiger partial charge in [0.2, 0.25) is 5.91 Å². The Kier molecular flexibility index (Phi) is 3.25. The fraction of sp³-hybridized carbons (Fsp3) is 0.636. The molecule has 1 aliphatic carbocycles. The average molecular weight is 239 g/mol. The first kappa shape index (κ1) is 11.5. The third kappa shape index (κ3) is 2.41. The van der Waals surface area contributed by atoms with Crippen LogP contribution in [0.5, 0.6) is 0 Å². The molecule has 1 aliphatic rings. The van der Waals surface area contributed by atoms with Gasteiger partial charge in [-0.15, -0.1) is 11.3 Å². The van der Waals surface area contributed by atoms with Gasteiger partial charge in [0.15, 0.2) is 5.13 Å². The van der Waals surface area contributed by atoms with Crippen LogP contribution in [0, 0.1) is 12.3 Å². The van der Waals surface area contributed by atoms with E-state index in [1.165, 1.54) is 17.8 Å². The lowest BCUT2D eigenvalue weighted by molar-refractivity contribution is -0.119. The third-order valence-electron chi connectivity index (χ3n) is 3.25. The Bertz CT molecular complexity index is 379. The molecule has 1 aromatic rings. The molecule has 1 fully saturated rings. The van der Waals surface area contributed by atoms with E-state index in [9.17, 15) is 4.79 Å². The van der Waals surface area contributed by atoms with Crippen molar-refractivity contribution in [1.82, 2.24) is 4.98 Å². The fourth-order valence-electron chi connectivity index (χ4n) is 2.05. The molecule has 16 heavy (non-hydrogen) atoms. The number of amides is 1. The monoisotopic (exact) mass is 239 g/mol. The second kappa shape index (κ2) is 4.51. The van der Waals surface area contributed by atoms with Crippen LogP contribution in [0.1, 0.15) is 30.6 Å². The maximum atomic E-state index is 11.8. The number of nitrogens with two attached hydrogens (primary N) is 1. The van der Waals surface area contributed by atoms with Crippen molar-refractivity contribution >= 4 is 22.4 Å². The lowest BCUT2D eigenvalue weighted by Crippen LogP contribution is -2.40. The highest BCUT2D eigenvalue weighted by molar-refractivity contribution is 7.15.